The van der Waals surface area contributed by atoms with Crippen LogP contribution in [0.5, 0.6) is 0 Å². The summed E-state index contributed by atoms with van der Waals surface area (Å²) in [5, 5.41) is 0.531. The van der Waals surface area contributed by atoms with Crippen molar-refractivity contribution in [3.63, 3.8) is 0 Å². The van der Waals surface area contributed by atoms with Gasteiger partial charge in [-0.3, -0.25) is 4.98 Å². The first kappa shape index (κ1) is 13.8. The summed E-state index contributed by atoms with van der Waals surface area (Å²) in [5.74, 6) is 0. The van der Waals surface area contributed by atoms with Crippen LogP contribution in [0.3, 0.4) is 0 Å². The maximum atomic E-state index is 12.7. The molecule has 1 heterocycles. The summed E-state index contributed by atoms with van der Waals surface area (Å²) >= 11 is 0. The number of hydrogen-bond acceptors (Lipinski definition) is 2. The van der Waals surface area contributed by atoms with Crippen LogP contribution >= 0.6 is 0 Å². The zero-order chi connectivity index (χ0) is 14.2. The van der Waals surface area contributed by atoms with Gasteiger partial charge in [0.2, 0.25) is 0 Å². The molecular weight excluding hydrogens is 253 g/mol. The second-order valence-corrected chi connectivity index (χ2v) is 4.84. The number of hydrogen-bond donors (Lipinski definition) is 1. The second-order valence-electron chi connectivity index (χ2n) is 4.84. The van der Waals surface area contributed by atoms with Crippen molar-refractivity contribution in [1.29, 1.82) is 0 Å². The molecule has 0 fully saturated rings. The van der Waals surface area contributed by atoms with Crippen molar-refractivity contribution in [3.05, 3.63) is 41.1 Å². The van der Waals surface area contributed by atoms with Crippen LogP contribution in [-0.4, -0.2) is 11.0 Å². The highest BCUT2D eigenvalue weighted by Crippen LogP contribution is 2.32. The molecular formula is C14H15F3N2. The van der Waals surface area contributed by atoms with Gasteiger partial charge in [0.05, 0.1) is 11.1 Å². The number of aryl methyl sites for hydroxylation is 1. The van der Waals surface area contributed by atoms with E-state index in [0.717, 1.165) is 23.4 Å². The summed E-state index contributed by atoms with van der Waals surface area (Å²) in [4.78, 5) is 4.35. The molecule has 19 heavy (non-hydrogen) atoms. The van der Waals surface area contributed by atoms with E-state index in [1.165, 1.54) is 6.07 Å². The van der Waals surface area contributed by atoms with Gasteiger partial charge >= 0.3 is 6.18 Å². The monoisotopic (exact) mass is 268 g/mol. The Balaban J connectivity index is 2.54. The van der Waals surface area contributed by atoms with Crippen molar-refractivity contribution in [1.82, 2.24) is 4.98 Å². The third-order valence-corrected chi connectivity index (χ3v) is 2.93. The molecule has 2 aromatic rings. The number of benzene rings is 1. The van der Waals surface area contributed by atoms with Gasteiger partial charge in [-0.25, -0.2) is 0 Å². The number of pyridine rings is 1. The average Bonchev–Trinajstić information content (AvgIpc) is 2.26. The number of nitrogens with zero attached hydrogens (tertiary/aromatic N) is 1. The van der Waals surface area contributed by atoms with Gasteiger partial charge in [-0.1, -0.05) is 0 Å². The van der Waals surface area contributed by atoms with E-state index in [-0.39, 0.29) is 6.04 Å². The molecule has 0 saturated carbocycles. The van der Waals surface area contributed by atoms with Crippen molar-refractivity contribution in [2.24, 2.45) is 5.73 Å². The predicted octanol–water partition coefficient (Wildman–Crippen LogP) is 3.45. The fourth-order valence-electron chi connectivity index (χ4n) is 2.07. The largest absolute Gasteiger partial charge is 0.416 e. The third kappa shape index (κ3) is 3.04. The first-order valence-electron chi connectivity index (χ1n) is 6.00. The van der Waals surface area contributed by atoms with Gasteiger partial charge in [0.1, 0.15) is 0 Å². The molecule has 2 nitrogen and oxygen atoms in total. The van der Waals surface area contributed by atoms with E-state index < -0.39 is 11.7 Å². The Morgan fingerprint density at radius 1 is 1.26 bits per heavy atom. The van der Waals surface area contributed by atoms with Crippen molar-refractivity contribution in [3.8, 4) is 0 Å². The molecule has 0 saturated heterocycles. The minimum absolute atomic E-state index is 0.0289. The van der Waals surface area contributed by atoms with Gasteiger partial charge < -0.3 is 5.73 Å². The maximum absolute atomic E-state index is 12.7. The molecule has 2 rings (SSSR count). The highest BCUT2D eigenvalue weighted by atomic mass is 19.4. The molecule has 2 N–H and O–H groups in total. The Kier molecular flexibility index (Phi) is 3.49. The highest BCUT2D eigenvalue weighted by molar-refractivity contribution is 5.83. The summed E-state index contributed by atoms with van der Waals surface area (Å²) in [6.45, 7) is 3.66. The van der Waals surface area contributed by atoms with Gasteiger partial charge in [0.25, 0.3) is 0 Å². The molecule has 1 aromatic heterocycles. The first-order chi connectivity index (χ1) is 8.77. The molecule has 0 amide bonds. The van der Waals surface area contributed by atoms with Crippen LogP contribution < -0.4 is 5.73 Å². The van der Waals surface area contributed by atoms with Crippen LogP contribution in [0, 0.1) is 6.92 Å². The topological polar surface area (TPSA) is 38.9 Å². The summed E-state index contributed by atoms with van der Waals surface area (Å²) in [5.41, 5.74) is 7.22. The lowest BCUT2D eigenvalue weighted by Crippen LogP contribution is -2.18. The molecule has 0 aliphatic heterocycles. The quantitative estimate of drug-likeness (QED) is 0.906. The van der Waals surface area contributed by atoms with Crippen LogP contribution in [0.2, 0.25) is 0 Å². The van der Waals surface area contributed by atoms with Gasteiger partial charge in [0.15, 0.2) is 0 Å². The summed E-state index contributed by atoms with van der Waals surface area (Å²) in [7, 11) is 0. The molecule has 1 atom stereocenters. The van der Waals surface area contributed by atoms with Crippen LogP contribution in [-0.2, 0) is 12.6 Å². The minimum atomic E-state index is -4.33. The summed E-state index contributed by atoms with van der Waals surface area (Å²) in [6, 6.07) is 5.39. The summed E-state index contributed by atoms with van der Waals surface area (Å²) in [6.07, 6.45) is -3.72. The van der Waals surface area contributed by atoms with E-state index >= 15 is 0 Å². The van der Waals surface area contributed by atoms with E-state index in [2.05, 4.69) is 4.98 Å². The number of halogens is 3. The molecule has 0 aliphatic carbocycles. The van der Waals surface area contributed by atoms with E-state index in [1.807, 2.05) is 6.92 Å². The highest BCUT2D eigenvalue weighted by Gasteiger charge is 2.30. The molecule has 1 unspecified atom stereocenters. The number of nitrogens with two attached hydrogens (primary N) is 1. The smallest absolute Gasteiger partial charge is 0.328 e. The van der Waals surface area contributed by atoms with Crippen LogP contribution in [0.4, 0.5) is 13.2 Å². The lowest BCUT2D eigenvalue weighted by Gasteiger charge is -2.11. The van der Waals surface area contributed by atoms with E-state index in [4.69, 9.17) is 5.73 Å². The normalized spacial score (nSPS) is 13.8. The summed E-state index contributed by atoms with van der Waals surface area (Å²) < 4.78 is 38.0. The Bertz CT molecular complexity index is 603. The Hall–Kier alpha value is -1.62. The van der Waals surface area contributed by atoms with Crippen molar-refractivity contribution >= 4 is 10.9 Å². The Morgan fingerprint density at radius 2 is 1.95 bits per heavy atom. The number of aromatic nitrogens is 1. The maximum Gasteiger partial charge on any atom is 0.416 e. The van der Waals surface area contributed by atoms with Gasteiger partial charge in [-0.2, -0.15) is 13.2 Å². The molecule has 0 radical (unpaired) electrons. The van der Waals surface area contributed by atoms with Gasteiger partial charge in [0, 0.05) is 23.5 Å². The van der Waals surface area contributed by atoms with E-state index in [1.54, 1.807) is 13.0 Å². The van der Waals surface area contributed by atoms with Crippen molar-refractivity contribution < 1.29 is 13.2 Å². The zero-order valence-corrected chi connectivity index (χ0v) is 10.8. The Morgan fingerprint density at radius 3 is 2.53 bits per heavy atom. The standard InChI is InChI=1S/C14H15F3N2/c1-8-5-11(6-9(2)18)19-13-4-3-10(7-12(8)13)14(15,16)17/h3-5,7,9H,6,18H2,1-2H3. The third-order valence-electron chi connectivity index (χ3n) is 2.93. The number of alkyl halides is 3. The predicted molar refractivity (Wildman–Crippen MR) is 68.8 cm³/mol. The van der Waals surface area contributed by atoms with Gasteiger partial charge in [-0.05, 0) is 43.7 Å². The van der Waals surface area contributed by atoms with Crippen LogP contribution in [0.15, 0.2) is 24.3 Å². The molecule has 5 heteroatoms. The van der Waals surface area contributed by atoms with Crippen LogP contribution in [0.1, 0.15) is 23.7 Å². The zero-order valence-electron chi connectivity index (χ0n) is 10.8. The lowest BCUT2D eigenvalue weighted by atomic mass is 10.0. The molecule has 0 bridgehead atoms. The fourth-order valence-corrected chi connectivity index (χ4v) is 2.07. The van der Waals surface area contributed by atoms with Crippen LogP contribution in [0.25, 0.3) is 10.9 Å². The van der Waals surface area contributed by atoms with E-state index in [0.29, 0.717) is 17.3 Å². The fraction of sp³-hybridized carbons (Fsp3) is 0.357. The second kappa shape index (κ2) is 4.81. The molecule has 0 spiro atoms. The first-order valence-corrected chi connectivity index (χ1v) is 6.00. The SMILES string of the molecule is Cc1cc(CC(C)N)nc2ccc(C(F)(F)F)cc12. The molecule has 0 aliphatic rings. The lowest BCUT2D eigenvalue weighted by molar-refractivity contribution is -0.137. The van der Waals surface area contributed by atoms with Gasteiger partial charge in [-0.15, -0.1) is 0 Å². The van der Waals surface area contributed by atoms with Crippen molar-refractivity contribution in [2.45, 2.75) is 32.5 Å². The number of fused-ring (bicyclic) bond motifs is 1. The van der Waals surface area contributed by atoms with E-state index in [9.17, 15) is 13.2 Å². The number of rotatable bonds is 2. The minimum Gasteiger partial charge on any atom is -0.328 e. The molecule has 102 valence electrons. The Labute approximate surface area is 109 Å². The molecule has 1 aromatic carbocycles. The van der Waals surface area contributed by atoms with Crippen molar-refractivity contribution in [2.75, 3.05) is 0 Å². The average molecular weight is 268 g/mol.